The SMILES string of the molecule is CC(CCN(C)NCCCN(C)C)N(C)C. The van der Waals surface area contributed by atoms with Crippen molar-refractivity contribution in [2.24, 2.45) is 0 Å². The molecule has 0 aliphatic heterocycles. The smallest absolute Gasteiger partial charge is 0.0142 e. The van der Waals surface area contributed by atoms with Crippen LogP contribution in [0.25, 0.3) is 0 Å². The monoisotopic (exact) mass is 230 g/mol. The van der Waals surface area contributed by atoms with E-state index in [4.69, 9.17) is 0 Å². The predicted molar refractivity (Wildman–Crippen MR) is 71.6 cm³/mol. The molecular weight excluding hydrogens is 200 g/mol. The van der Waals surface area contributed by atoms with Gasteiger partial charge in [0.15, 0.2) is 0 Å². The summed E-state index contributed by atoms with van der Waals surface area (Å²) in [5, 5.41) is 2.20. The van der Waals surface area contributed by atoms with Gasteiger partial charge in [0.05, 0.1) is 0 Å². The molecule has 4 nitrogen and oxygen atoms in total. The predicted octanol–water partition coefficient (Wildman–Crippen LogP) is 0.715. The molecule has 0 amide bonds. The largest absolute Gasteiger partial charge is 0.309 e. The van der Waals surface area contributed by atoms with E-state index in [0.29, 0.717) is 6.04 Å². The van der Waals surface area contributed by atoms with Crippen LogP contribution in [0.15, 0.2) is 0 Å². The summed E-state index contributed by atoms with van der Waals surface area (Å²) in [6.45, 7) is 5.57. The fourth-order valence-corrected chi connectivity index (χ4v) is 1.38. The van der Waals surface area contributed by atoms with Crippen molar-refractivity contribution in [3.63, 3.8) is 0 Å². The molecule has 0 aliphatic rings. The maximum absolute atomic E-state index is 3.42. The molecular formula is C12H30N4. The van der Waals surface area contributed by atoms with E-state index < -0.39 is 0 Å². The third-order valence-electron chi connectivity index (χ3n) is 2.93. The zero-order valence-electron chi connectivity index (χ0n) is 12.0. The second kappa shape index (κ2) is 8.93. The molecule has 1 N–H and O–H groups in total. The van der Waals surface area contributed by atoms with Crippen LogP contribution >= 0.6 is 0 Å². The Labute approximate surface area is 102 Å². The van der Waals surface area contributed by atoms with Crippen molar-refractivity contribution in [3.05, 3.63) is 0 Å². The van der Waals surface area contributed by atoms with Gasteiger partial charge in [-0.25, -0.2) is 5.01 Å². The Morgan fingerprint density at radius 3 is 2.12 bits per heavy atom. The van der Waals surface area contributed by atoms with E-state index in [1.54, 1.807) is 0 Å². The number of hydrazine groups is 1. The number of hydrogen-bond acceptors (Lipinski definition) is 4. The molecule has 0 rings (SSSR count). The highest BCUT2D eigenvalue weighted by atomic mass is 15.5. The van der Waals surface area contributed by atoms with E-state index in [1.807, 2.05) is 0 Å². The lowest BCUT2D eigenvalue weighted by Crippen LogP contribution is -2.39. The van der Waals surface area contributed by atoms with Crippen molar-refractivity contribution >= 4 is 0 Å². The number of nitrogens with zero attached hydrogens (tertiary/aromatic N) is 3. The third kappa shape index (κ3) is 9.09. The summed E-state index contributed by atoms with van der Waals surface area (Å²) < 4.78 is 0. The normalized spacial score (nSPS) is 14.1. The summed E-state index contributed by atoms with van der Waals surface area (Å²) in [6, 6.07) is 0.644. The second-order valence-electron chi connectivity index (χ2n) is 5.09. The van der Waals surface area contributed by atoms with E-state index in [9.17, 15) is 0 Å². The molecule has 0 aromatic heterocycles. The van der Waals surface area contributed by atoms with Gasteiger partial charge in [-0.3, -0.25) is 5.43 Å². The number of hydrogen-bond donors (Lipinski definition) is 1. The summed E-state index contributed by atoms with van der Waals surface area (Å²) in [5.74, 6) is 0. The van der Waals surface area contributed by atoms with Crippen LogP contribution in [0.4, 0.5) is 0 Å². The molecule has 0 aromatic carbocycles. The van der Waals surface area contributed by atoms with Crippen molar-refractivity contribution in [1.29, 1.82) is 0 Å². The first-order chi connectivity index (χ1) is 7.43. The van der Waals surface area contributed by atoms with Gasteiger partial charge < -0.3 is 9.80 Å². The van der Waals surface area contributed by atoms with Crippen LogP contribution in [0.3, 0.4) is 0 Å². The molecule has 0 heterocycles. The van der Waals surface area contributed by atoms with E-state index in [-0.39, 0.29) is 0 Å². The van der Waals surface area contributed by atoms with Gasteiger partial charge in [0, 0.05) is 26.2 Å². The van der Waals surface area contributed by atoms with Gasteiger partial charge in [-0.15, -0.1) is 0 Å². The summed E-state index contributed by atoms with van der Waals surface area (Å²) in [4.78, 5) is 4.48. The molecule has 1 atom stereocenters. The zero-order valence-corrected chi connectivity index (χ0v) is 12.0. The van der Waals surface area contributed by atoms with Gasteiger partial charge >= 0.3 is 0 Å². The fourth-order valence-electron chi connectivity index (χ4n) is 1.38. The maximum atomic E-state index is 3.42. The van der Waals surface area contributed by atoms with E-state index in [0.717, 1.165) is 19.6 Å². The van der Waals surface area contributed by atoms with Crippen LogP contribution in [0.5, 0.6) is 0 Å². The minimum atomic E-state index is 0.644. The highest BCUT2D eigenvalue weighted by molar-refractivity contribution is 4.61. The van der Waals surface area contributed by atoms with Crippen molar-refractivity contribution in [3.8, 4) is 0 Å². The number of rotatable bonds is 9. The molecule has 1 unspecified atom stereocenters. The molecule has 0 fully saturated rings. The Hall–Kier alpha value is -0.160. The van der Waals surface area contributed by atoms with Gasteiger partial charge in [0.1, 0.15) is 0 Å². The summed E-state index contributed by atoms with van der Waals surface area (Å²) >= 11 is 0. The molecule has 0 saturated heterocycles. The second-order valence-corrected chi connectivity index (χ2v) is 5.09. The van der Waals surface area contributed by atoms with Gasteiger partial charge in [-0.05, 0) is 54.5 Å². The van der Waals surface area contributed by atoms with Crippen LogP contribution < -0.4 is 5.43 Å². The standard InChI is InChI=1S/C12H30N4/c1-12(15(4)5)8-11-16(6)13-9-7-10-14(2)3/h12-13H,7-11H2,1-6H3. The Bertz CT molecular complexity index is 159. The van der Waals surface area contributed by atoms with Crippen LogP contribution in [-0.2, 0) is 0 Å². The topological polar surface area (TPSA) is 21.8 Å². The van der Waals surface area contributed by atoms with Crippen LogP contribution in [-0.4, -0.2) is 75.7 Å². The molecule has 98 valence electrons. The third-order valence-corrected chi connectivity index (χ3v) is 2.93. The van der Waals surface area contributed by atoms with Crippen molar-refractivity contribution in [1.82, 2.24) is 20.2 Å². The zero-order chi connectivity index (χ0) is 12.6. The summed E-state index contributed by atoms with van der Waals surface area (Å²) in [5.41, 5.74) is 3.42. The van der Waals surface area contributed by atoms with Gasteiger partial charge in [-0.2, -0.15) is 0 Å². The lowest BCUT2D eigenvalue weighted by molar-refractivity contribution is 0.196. The average molecular weight is 230 g/mol. The lowest BCUT2D eigenvalue weighted by Gasteiger charge is -2.24. The van der Waals surface area contributed by atoms with Crippen molar-refractivity contribution in [2.45, 2.75) is 25.8 Å². The quantitative estimate of drug-likeness (QED) is 0.465. The van der Waals surface area contributed by atoms with Crippen LogP contribution in [0.2, 0.25) is 0 Å². The van der Waals surface area contributed by atoms with E-state index >= 15 is 0 Å². The first-order valence-electron chi connectivity index (χ1n) is 6.19. The Morgan fingerprint density at radius 2 is 1.62 bits per heavy atom. The highest BCUT2D eigenvalue weighted by Crippen LogP contribution is 1.98. The molecule has 0 spiro atoms. The Kier molecular flexibility index (Phi) is 8.84. The first-order valence-corrected chi connectivity index (χ1v) is 6.19. The van der Waals surface area contributed by atoms with E-state index in [1.165, 1.54) is 12.8 Å². The van der Waals surface area contributed by atoms with E-state index in [2.05, 4.69) is 62.4 Å². The summed E-state index contributed by atoms with van der Waals surface area (Å²) in [6.07, 6.45) is 2.39. The molecule has 16 heavy (non-hydrogen) atoms. The number of nitrogens with one attached hydrogen (secondary N) is 1. The minimum Gasteiger partial charge on any atom is -0.309 e. The van der Waals surface area contributed by atoms with Crippen LogP contribution in [0.1, 0.15) is 19.8 Å². The molecule has 0 aliphatic carbocycles. The Morgan fingerprint density at radius 1 is 1.00 bits per heavy atom. The van der Waals surface area contributed by atoms with Crippen molar-refractivity contribution < 1.29 is 0 Å². The summed E-state index contributed by atoms with van der Waals surface area (Å²) in [7, 11) is 10.6. The Balaban J connectivity index is 3.41. The molecule has 0 saturated carbocycles. The molecule has 0 aromatic rings. The highest BCUT2D eigenvalue weighted by Gasteiger charge is 2.05. The van der Waals surface area contributed by atoms with Crippen LogP contribution in [0, 0.1) is 0 Å². The van der Waals surface area contributed by atoms with Gasteiger partial charge in [0.25, 0.3) is 0 Å². The average Bonchev–Trinajstić information content (AvgIpc) is 2.20. The van der Waals surface area contributed by atoms with Gasteiger partial charge in [-0.1, -0.05) is 0 Å². The van der Waals surface area contributed by atoms with Gasteiger partial charge in [0.2, 0.25) is 0 Å². The molecule has 0 radical (unpaired) electrons. The lowest BCUT2D eigenvalue weighted by atomic mass is 10.2. The maximum Gasteiger partial charge on any atom is 0.0142 e. The molecule has 4 heteroatoms. The fraction of sp³-hybridized carbons (Fsp3) is 1.00. The van der Waals surface area contributed by atoms with Crippen molar-refractivity contribution in [2.75, 3.05) is 54.9 Å². The minimum absolute atomic E-state index is 0.644. The first kappa shape index (κ1) is 15.8. The molecule has 0 bridgehead atoms.